The number of nitrogens with two attached hydrogens (primary N) is 1. The molecule has 0 amide bonds. The third-order valence-electron chi connectivity index (χ3n) is 3.03. The summed E-state index contributed by atoms with van der Waals surface area (Å²) in [5.41, 5.74) is 4.44. The third kappa shape index (κ3) is 3.68. The second kappa shape index (κ2) is 5.95. The molecule has 0 atom stereocenters. The van der Waals surface area contributed by atoms with E-state index in [1.54, 1.807) is 11.3 Å². The van der Waals surface area contributed by atoms with Crippen molar-refractivity contribution in [1.82, 2.24) is 15.0 Å². The van der Waals surface area contributed by atoms with Crippen molar-refractivity contribution in [3.05, 3.63) is 27.5 Å². The lowest BCUT2D eigenvalue weighted by atomic mass is 9.95. The van der Waals surface area contributed by atoms with Crippen molar-refractivity contribution in [2.45, 2.75) is 46.6 Å². The fraction of sp³-hybridized carbons (Fsp3) is 0.500. The molecule has 6 nitrogen and oxygen atoms in total. The summed E-state index contributed by atoms with van der Waals surface area (Å²) in [6.07, 6.45) is 0. The second-order valence-electron chi connectivity index (χ2n) is 6.00. The summed E-state index contributed by atoms with van der Waals surface area (Å²) < 4.78 is 0. The van der Waals surface area contributed by atoms with E-state index in [-0.39, 0.29) is 5.41 Å². The maximum Gasteiger partial charge on any atom is 0.148 e. The maximum absolute atomic E-state index is 5.56. The summed E-state index contributed by atoms with van der Waals surface area (Å²) in [6.45, 7) is 10.8. The molecular formula is C14H22N6S. The van der Waals surface area contributed by atoms with E-state index >= 15 is 0 Å². The van der Waals surface area contributed by atoms with Gasteiger partial charge in [-0.1, -0.05) is 20.8 Å². The van der Waals surface area contributed by atoms with Gasteiger partial charge in [0.15, 0.2) is 0 Å². The normalized spacial score (nSPS) is 11.5. The molecule has 0 aromatic carbocycles. The SMILES string of the molecule is Cc1csc(CNc2nc(C(C)(C)C)nc(NN)c2C)n1. The van der Waals surface area contributed by atoms with Crippen LogP contribution in [0.25, 0.3) is 0 Å². The maximum atomic E-state index is 5.56. The zero-order chi connectivity index (χ0) is 15.6. The molecule has 7 heteroatoms. The van der Waals surface area contributed by atoms with Crippen molar-refractivity contribution < 1.29 is 0 Å². The number of hydrogen-bond donors (Lipinski definition) is 3. The molecule has 0 saturated heterocycles. The van der Waals surface area contributed by atoms with Gasteiger partial charge in [-0.05, 0) is 13.8 Å². The van der Waals surface area contributed by atoms with Gasteiger partial charge < -0.3 is 10.7 Å². The molecule has 0 aliphatic rings. The molecule has 2 aromatic rings. The molecule has 0 bridgehead atoms. The predicted octanol–water partition coefficient (Wildman–Crippen LogP) is 2.75. The van der Waals surface area contributed by atoms with E-state index in [0.29, 0.717) is 12.4 Å². The quantitative estimate of drug-likeness (QED) is 0.594. The van der Waals surface area contributed by atoms with Gasteiger partial charge in [0.25, 0.3) is 0 Å². The molecule has 4 N–H and O–H groups in total. The Bertz CT molecular complexity index is 629. The first-order valence-electron chi connectivity index (χ1n) is 6.82. The van der Waals surface area contributed by atoms with Gasteiger partial charge in [-0.3, -0.25) is 0 Å². The Morgan fingerprint density at radius 2 is 1.81 bits per heavy atom. The van der Waals surface area contributed by atoms with E-state index in [4.69, 9.17) is 5.84 Å². The van der Waals surface area contributed by atoms with Crippen LogP contribution in [-0.2, 0) is 12.0 Å². The Morgan fingerprint density at radius 3 is 2.33 bits per heavy atom. The zero-order valence-corrected chi connectivity index (χ0v) is 13.9. The van der Waals surface area contributed by atoms with Gasteiger partial charge in [0.2, 0.25) is 0 Å². The van der Waals surface area contributed by atoms with Crippen LogP contribution < -0.4 is 16.6 Å². The van der Waals surface area contributed by atoms with Crippen LogP contribution in [-0.4, -0.2) is 15.0 Å². The molecule has 114 valence electrons. The number of aromatic nitrogens is 3. The lowest BCUT2D eigenvalue weighted by Gasteiger charge is -2.20. The number of nitrogen functional groups attached to an aromatic ring is 1. The van der Waals surface area contributed by atoms with Crippen molar-refractivity contribution >= 4 is 23.0 Å². The Balaban J connectivity index is 2.28. The highest BCUT2D eigenvalue weighted by Crippen LogP contribution is 2.26. The average molecular weight is 306 g/mol. The van der Waals surface area contributed by atoms with Gasteiger partial charge >= 0.3 is 0 Å². The highest BCUT2D eigenvalue weighted by Gasteiger charge is 2.21. The first-order chi connectivity index (χ1) is 9.81. The van der Waals surface area contributed by atoms with Crippen LogP contribution >= 0.6 is 11.3 Å². The van der Waals surface area contributed by atoms with Gasteiger partial charge in [-0.2, -0.15) is 0 Å². The van der Waals surface area contributed by atoms with E-state index in [1.807, 2.05) is 19.2 Å². The number of rotatable bonds is 4. The van der Waals surface area contributed by atoms with Crippen LogP contribution in [0.3, 0.4) is 0 Å². The molecule has 2 rings (SSSR count). The predicted molar refractivity (Wildman–Crippen MR) is 87.5 cm³/mol. The Morgan fingerprint density at radius 1 is 1.14 bits per heavy atom. The number of nitrogens with one attached hydrogen (secondary N) is 2. The molecule has 0 fully saturated rings. The minimum absolute atomic E-state index is 0.145. The molecule has 0 spiro atoms. The number of nitrogens with zero attached hydrogens (tertiary/aromatic N) is 3. The van der Waals surface area contributed by atoms with Crippen molar-refractivity contribution in [1.29, 1.82) is 0 Å². The zero-order valence-electron chi connectivity index (χ0n) is 13.1. The van der Waals surface area contributed by atoms with Gasteiger partial charge in [0, 0.05) is 22.1 Å². The van der Waals surface area contributed by atoms with E-state index < -0.39 is 0 Å². The van der Waals surface area contributed by atoms with Crippen LogP contribution in [0.5, 0.6) is 0 Å². The third-order valence-corrected chi connectivity index (χ3v) is 3.99. The smallest absolute Gasteiger partial charge is 0.148 e. The van der Waals surface area contributed by atoms with Crippen LogP contribution in [0.1, 0.15) is 42.9 Å². The van der Waals surface area contributed by atoms with Crippen molar-refractivity contribution in [3.8, 4) is 0 Å². The lowest BCUT2D eigenvalue weighted by Crippen LogP contribution is -2.21. The largest absolute Gasteiger partial charge is 0.363 e. The Kier molecular flexibility index (Phi) is 4.43. The summed E-state index contributed by atoms with van der Waals surface area (Å²) in [5, 5.41) is 6.40. The molecule has 0 aliphatic carbocycles. The van der Waals surface area contributed by atoms with Crippen LogP contribution in [0.4, 0.5) is 11.6 Å². The lowest BCUT2D eigenvalue weighted by molar-refractivity contribution is 0.546. The minimum Gasteiger partial charge on any atom is -0.363 e. The number of thiazole rings is 1. The standard InChI is InChI=1S/C14H22N6S/c1-8-7-21-10(17-8)6-16-11-9(2)12(20-15)19-13(18-11)14(3,4)5/h7H,6,15H2,1-5H3,(H2,16,18,19,20). The molecular weight excluding hydrogens is 284 g/mol. The number of hydrazine groups is 1. The monoisotopic (exact) mass is 306 g/mol. The minimum atomic E-state index is -0.145. The number of anilines is 2. The van der Waals surface area contributed by atoms with Crippen molar-refractivity contribution in [2.75, 3.05) is 10.7 Å². The van der Waals surface area contributed by atoms with Crippen LogP contribution in [0.15, 0.2) is 5.38 Å². The average Bonchev–Trinajstić information content (AvgIpc) is 2.82. The molecule has 21 heavy (non-hydrogen) atoms. The molecule has 2 aromatic heterocycles. The molecule has 0 aliphatic heterocycles. The van der Waals surface area contributed by atoms with Crippen LogP contribution in [0, 0.1) is 13.8 Å². The molecule has 0 unspecified atom stereocenters. The highest BCUT2D eigenvalue weighted by atomic mass is 32.1. The summed E-state index contributed by atoms with van der Waals surface area (Å²) in [4.78, 5) is 13.6. The topological polar surface area (TPSA) is 88.8 Å². The number of aryl methyl sites for hydroxylation is 1. The highest BCUT2D eigenvalue weighted by molar-refractivity contribution is 7.09. The second-order valence-corrected chi connectivity index (χ2v) is 6.94. The molecule has 0 radical (unpaired) electrons. The van der Waals surface area contributed by atoms with E-state index in [2.05, 4.69) is 46.5 Å². The Labute approximate surface area is 129 Å². The van der Waals surface area contributed by atoms with Crippen LogP contribution in [0.2, 0.25) is 0 Å². The summed E-state index contributed by atoms with van der Waals surface area (Å²) in [6, 6.07) is 0. The van der Waals surface area contributed by atoms with E-state index in [9.17, 15) is 0 Å². The fourth-order valence-corrected chi connectivity index (χ4v) is 2.52. The first kappa shape index (κ1) is 15.7. The van der Waals surface area contributed by atoms with Gasteiger partial charge in [0.05, 0.1) is 6.54 Å². The molecule has 0 saturated carbocycles. The fourth-order valence-electron chi connectivity index (χ4n) is 1.81. The van der Waals surface area contributed by atoms with Gasteiger partial charge in [0.1, 0.15) is 22.5 Å². The number of hydrogen-bond acceptors (Lipinski definition) is 7. The first-order valence-corrected chi connectivity index (χ1v) is 7.70. The van der Waals surface area contributed by atoms with E-state index in [1.165, 1.54) is 0 Å². The molecule has 2 heterocycles. The van der Waals surface area contributed by atoms with E-state index in [0.717, 1.165) is 27.9 Å². The van der Waals surface area contributed by atoms with Crippen molar-refractivity contribution in [2.24, 2.45) is 5.84 Å². The Hall–Kier alpha value is -1.73. The van der Waals surface area contributed by atoms with Gasteiger partial charge in [-0.15, -0.1) is 11.3 Å². The summed E-state index contributed by atoms with van der Waals surface area (Å²) >= 11 is 1.64. The van der Waals surface area contributed by atoms with Crippen molar-refractivity contribution in [3.63, 3.8) is 0 Å². The summed E-state index contributed by atoms with van der Waals surface area (Å²) in [5.74, 6) is 7.75. The van der Waals surface area contributed by atoms with Gasteiger partial charge in [-0.25, -0.2) is 20.8 Å². The summed E-state index contributed by atoms with van der Waals surface area (Å²) in [7, 11) is 0.